The van der Waals surface area contributed by atoms with Crippen molar-refractivity contribution in [2.24, 2.45) is 0 Å². The van der Waals surface area contributed by atoms with Crippen molar-refractivity contribution in [1.29, 1.82) is 0 Å². The van der Waals surface area contributed by atoms with Gasteiger partial charge >= 0.3 is 0 Å². The summed E-state index contributed by atoms with van der Waals surface area (Å²) in [6.07, 6.45) is 2.39. The molecule has 0 spiro atoms. The minimum atomic E-state index is -0.0908. The highest BCUT2D eigenvalue weighted by molar-refractivity contribution is 5.35. The Balaban J connectivity index is 2.47. The lowest BCUT2D eigenvalue weighted by Gasteiger charge is -1.97. The van der Waals surface area contributed by atoms with E-state index in [-0.39, 0.29) is 5.56 Å². The van der Waals surface area contributed by atoms with E-state index >= 15 is 0 Å². The zero-order valence-corrected chi connectivity index (χ0v) is 6.13. The zero-order valence-electron chi connectivity index (χ0n) is 6.13. The van der Waals surface area contributed by atoms with Crippen LogP contribution in [0.3, 0.4) is 0 Å². The lowest BCUT2D eigenvalue weighted by Crippen LogP contribution is -2.08. The predicted octanol–water partition coefficient (Wildman–Crippen LogP) is 0.835. The first-order valence-electron chi connectivity index (χ1n) is 3.75. The Morgan fingerprint density at radius 2 is 2.18 bits per heavy atom. The standard InChI is InChI=1S/C8H10N2O/c9-7-3-6(5-1-2-5)4-8(11)10-7/h3-5H,1-2H2,(H3,9,10,11). The van der Waals surface area contributed by atoms with Gasteiger partial charge in [-0.05, 0) is 30.4 Å². The summed E-state index contributed by atoms with van der Waals surface area (Å²) >= 11 is 0. The first kappa shape index (κ1) is 6.46. The molecule has 1 aromatic heterocycles. The normalized spacial score (nSPS) is 16.7. The van der Waals surface area contributed by atoms with Crippen molar-refractivity contribution in [2.75, 3.05) is 5.73 Å². The summed E-state index contributed by atoms with van der Waals surface area (Å²) in [5.41, 5.74) is 6.47. The number of nitrogens with two attached hydrogens (primary N) is 1. The van der Waals surface area contributed by atoms with Crippen LogP contribution in [-0.2, 0) is 0 Å². The van der Waals surface area contributed by atoms with Crippen LogP contribution in [-0.4, -0.2) is 4.98 Å². The van der Waals surface area contributed by atoms with Gasteiger partial charge in [-0.3, -0.25) is 4.79 Å². The number of pyridine rings is 1. The number of nitrogens with one attached hydrogen (secondary N) is 1. The summed E-state index contributed by atoms with van der Waals surface area (Å²) in [7, 11) is 0. The van der Waals surface area contributed by atoms with Gasteiger partial charge in [0.05, 0.1) is 0 Å². The van der Waals surface area contributed by atoms with Crippen molar-refractivity contribution < 1.29 is 0 Å². The molecule has 0 saturated heterocycles. The van der Waals surface area contributed by atoms with Crippen molar-refractivity contribution in [1.82, 2.24) is 4.98 Å². The molecule has 0 bridgehead atoms. The lowest BCUT2D eigenvalue weighted by molar-refractivity contribution is 1.09. The van der Waals surface area contributed by atoms with Gasteiger partial charge in [-0.25, -0.2) is 0 Å². The Bertz CT molecular complexity index is 325. The summed E-state index contributed by atoms with van der Waals surface area (Å²) in [4.78, 5) is 13.4. The Morgan fingerprint density at radius 3 is 2.73 bits per heavy atom. The Hall–Kier alpha value is -1.25. The third-order valence-corrected chi connectivity index (χ3v) is 1.94. The van der Waals surface area contributed by atoms with E-state index in [0.717, 1.165) is 5.56 Å². The third kappa shape index (κ3) is 1.27. The first-order valence-corrected chi connectivity index (χ1v) is 3.75. The van der Waals surface area contributed by atoms with Crippen LogP contribution in [0.5, 0.6) is 0 Å². The molecule has 1 aromatic rings. The summed E-state index contributed by atoms with van der Waals surface area (Å²) in [5.74, 6) is 1.07. The van der Waals surface area contributed by atoms with Crippen LogP contribution in [0.2, 0.25) is 0 Å². The number of aromatic nitrogens is 1. The van der Waals surface area contributed by atoms with Crippen LogP contribution >= 0.6 is 0 Å². The summed E-state index contributed by atoms with van der Waals surface area (Å²) < 4.78 is 0. The van der Waals surface area contributed by atoms with E-state index in [1.54, 1.807) is 6.07 Å². The number of hydrogen-bond donors (Lipinski definition) is 2. The molecule has 3 nitrogen and oxygen atoms in total. The monoisotopic (exact) mass is 150 g/mol. The number of hydrogen-bond acceptors (Lipinski definition) is 2. The first-order chi connectivity index (χ1) is 5.25. The van der Waals surface area contributed by atoms with E-state index in [2.05, 4.69) is 4.98 Å². The molecule has 0 unspecified atom stereocenters. The zero-order chi connectivity index (χ0) is 7.84. The van der Waals surface area contributed by atoms with Crippen molar-refractivity contribution in [3.05, 3.63) is 28.0 Å². The number of anilines is 1. The van der Waals surface area contributed by atoms with Crippen LogP contribution < -0.4 is 11.3 Å². The molecular formula is C8H10N2O. The van der Waals surface area contributed by atoms with Crippen LogP contribution in [0, 0.1) is 0 Å². The predicted molar refractivity (Wildman–Crippen MR) is 43.5 cm³/mol. The van der Waals surface area contributed by atoms with Crippen LogP contribution in [0.1, 0.15) is 24.3 Å². The van der Waals surface area contributed by atoms with E-state index in [9.17, 15) is 4.79 Å². The summed E-state index contributed by atoms with van der Waals surface area (Å²) in [6, 6.07) is 3.48. The topological polar surface area (TPSA) is 58.9 Å². The molecule has 1 aliphatic carbocycles. The third-order valence-electron chi connectivity index (χ3n) is 1.94. The second kappa shape index (κ2) is 2.12. The summed E-state index contributed by atoms with van der Waals surface area (Å²) in [6.45, 7) is 0. The molecule has 0 radical (unpaired) electrons. The fraction of sp³-hybridized carbons (Fsp3) is 0.375. The van der Waals surface area contributed by atoms with Crippen LogP contribution in [0.4, 0.5) is 5.82 Å². The average molecular weight is 150 g/mol. The highest BCUT2D eigenvalue weighted by Crippen LogP contribution is 2.39. The Morgan fingerprint density at radius 1 is 1.45 bits per heavy atom. The van der Waals surface area contributed by atoms with E-state index in [1.165, 1.54) is 12.8 Å². The van der Waals surface area contributed by atoms with Crippen LogP contribution in [0.15, 0.2) is 16.9 Å². The molecule has 0 atom stereocenters. The quantitative estimate of drug-likeness (QED) is 0.623. The smallest absolute Gasteiger partial charge is 0.249 e. The fourth-order valence-corrected chi connectivity index (χ4v) is 1.24. The van der Waals surface area contributed by atoms with Crippen LogP contribution in [0.25, 0.3) is 0 Å². The van der Waals surface area contributed by atoms with E-state index in [0.29, 0.717) is 11.7 Å². The second-order valence-electron chi connectivity index (χ2n) is 3.01. The van der Waals surface area contributed by atoms with Crippen molar-refractivity contribution in [3.63, 3.8) is 0 Å². The van der Waals surface area contributed by atoms with Gasteiger partial charge in [0.15, 0.2) is 0 Å². The minimum Gasteiger partial charge on any atom is -0.385 e. The fourth-order valence-electron chi connectivity index (χ4n) is 1.24. The van der Waals surface area contributed by atoms with Crippen molar-refractivity contribution in [2.45, 2.75) is 18.8 Å². The molecule has 1 heterocycles. The molecule has 1 aliphatic rings. The highest BCUT2D eigenvalue weighted by Gasteiger charge is 2.23. The highest BCUT2D eigenvalue weighted by atomic mass is 16.1. The van der Waals surface area contributed by atoms with E-state index < -0.39 is 0 Å². The van der Waals surface area contributed by atoms with Gasteiger partial charge in [0.25, 0.3) is 0 Å². The maximum Gasteiger partial charge on any atom is 0.249 e. The number of H-pyrrole nitrogens is 1. The molecule has 1 saturated carbocycles. The maximum absolute atomic E-state index is 10.9. The van der Waals surface area contributed by atoms with Gasteiger partial charge in [0.2, 0.25) is 5.56 Å². The van der Waals surface area contributed by atoms with Gasteiger partial charge in [0.1, 0.15) is 5.82 Å². The number of nitrogen functional groups attached to an aromatic ring is 1. The molecule has 0 aromatic carbocycles. The number of rotatable bonds is 1. The summed E-state index contributed by atoms with van der Waals surface area (Å²) in [5, 5.41) is 0. The molecule has 2 rings (SSSR count). The van der Waals surface area contributed by atoms with E-state index in [1.807, 2.05) is 6.07 Å². The molecular weight excluding hydrogens is 140 g/mol. The van der Waals surface area contributed by atoms with Crippen molar-refractivity contribution in [3.8, 4) is 0 Å². The van der Waals surface area contributed by atoms with Gasteiger partial charge in [-0.15, -0.1) is 0 Å². The molecule has 0 amide bonds. The molecule has 58 valence electrons. The Kier molecular flexibility index (Phi) is 1.24. The molecule has 0 aliphatic heterocycles. The molecule has 3 N–H and O–H groups in total. The molecule has 1 fully saturated rings. The van der Waals surface area contributed by atoms with Gasteiger partial charge < -0.3 is 10.7 Å². The average Bonchev–Trinajstić information content (AvgIpc) is 2.64. The van der Waals surface area contributed by atoms with Crippen molar-refractivity contribution >= 4 is 5.82 Å². The SMILES string of the molecule is Nc1cc(C2CC2)cc(=O)[nH]1. The second-order valence-corrected chi connectivity index (χ2v) is 3.01. The van der Waals surface area contributed by atoms with Gasteiger partial charge in [0, 0.05) is 6.07 Å². The lowest BCUT2D eigenvalue weighted by atomic mass is 10.2. The van der Waals surface area contributed by atoms with E-state index in [4.69, 9.17) is 5.73 Å². The largest absolute Gasteiger partial charge is 0.385 e. The number of aromatic amines is 1. The minimum absolute atomic E-state index is 0.0908. The van der Waals surface area contributed by atoms with Gasteiger partial charge in [-0.1, -0.05) is 0 Å². The Labute approximate surface area is 64.2 Å². The molecule has 3 heteroatoms. The maximum atomic E-state index is 10.9. The van der Waals surface area contributed by atoms with Gasteiger partial charge in [-0.2, -0.15) is 0 Å². The molecule has 11 heavy (non-hydrogen) atoms.